The van der Waals surface area contributed by atoms with Gasteiger partial charge in [-0.1, -0.05) is 0 Å². The molecule has 2 aliphatic carbocycles. The molecular formula is C10H13F2NO. The Morgan fingerprint density at radius 2 is 1.71 bits per heavy atom. The van der Waals surface area contributed by atoms with Crippen LogP contribution in [0.5, 0.6) is 0 Å². The fraction of sp³-hybridized carbons (Fsp3) is 0.900. The van der Waals surface area contributed by atoms with Gasteiger partial charge < -0.3 is 0 Å². The summed E-state index contributed by atoms with van der Waals surface area (Å²) in [5.74, 6) is -2.30. The van der Waals surface area contributed by atoms with Crippen LogP contribution in [0.15, 0.2) is 4.99 Å². The summed E-state index contributed by atoms with van der Waals surface area (Å²) in [5, 5.41) is 0. The second kappa shape index (κ2) is 3.13. The monoisotopic (exact) mass is 201 g/mol. The zero-order valence-electron chi connectivity index (χ0n) is 7.93. The van der Waals surface area contributed by atoms with Gasteiger partial charge in [-0.3, -0.25) is 0 Å². The van der Waals surface area contributed by atoms with E-state index in [-0.39, 0.29) is 24.3 Å². The van der Waals surface area contributed by atoms with Crippen molar-refractivity contribution in [2.75, 3.05) is 0 Å². The molecule has 0 amide bonds. The van der Waals surface area contributed by atoms with E-state index in [2.05, 4.69) is 4.99 Å². The zero-order chi connectivity index (χ0) is 10.2. The molecule has 0 aromatic carbocycles. The van der Waals surface area contributed by atoms with Crippen LogP contribution in [0.3, 0.4) is 0 Å². The van der Waals surface area contributed by atoms with Crippen molar-refractivity contribution in [2.24, 2.45) is 10.9 Å². The zero-order valence-corrected chi connectivity index (χ0v) is 7.93. The fourth-order valence-electron chi connectivity index (χ4n) is 2.41. The van der Waals surface area contributed by atoms with Gasteiger partial charge in [0.1, 0.15) is 0 Å². The van der Waals surface area contributed by atoms with Crippen molar-refractivity contribution < 1.29 is 13.6 Å². The van der Waals surface area contributed by atoms with Crippen molar-refractivity contribution >= 4 is 6.08 Å². The van der Waals surface area contributed by atoms with Crippen LogP contribution in [0.1, 0.15) is 38.5 Å². The van der Waals surface area contributed by atoms with Gasteiger partial charge in [-0.15, -0.1) is 0 Å². The molecule has 14 heavy (non-hydrogen) atoms. The number of isocyanates is 1. The van der Waals surface area contributed by atoms with E-state index < -0.39 is 5.92 Å². The van der Waals surface area contributed by atoms with Crippen molar-refractivity contribution in [3.8, 4) is 0 Å². The minimum atomic E-state index is -2.49. The number of rotatable bonds is 2. The molecule has 0 unspecified atom stereocenters. The van der Waals surface area contributed by atoms with Crippen LogP contribution in [0.2, 0.25) is 0 Å². The summed E-state index contributed by atoms with van der Waals surface area (Å²) in [6.45, 7) is 0. The van der Waals surface area contributed by atoms with Gasteiger partial charge in [-0.2, -0.15) is 4.99 Å². The molecule has 4 heteroatoms. The van der Waals surface area contributed by atoms with Gasteiger partial charge in [0.15, 0.2) is 0 Å². The fourth-order valence-corrected chi connectivity index (χ4v) is 2.41. The third kappa shape index (κ3) is 1.71. The third-order valence-electron chi connectivity index (χ3n) is 3.51. The Balaban J connectivity index is 1.99. The van der Waals surface area contributed by atoms with Gasteiger partial charge >= 0.3 is 0 Å². The Labute approximate surface area is 81.4 Å². The largest absolute Gasteiger partial charge is 0.248 e. The first kappa shape index (κ1) is 9.78. The number of halogens is 2. The summed E-state index contributed by atoms with van der Waals surface area (Å²) in [7, 11) is 0. The van der Waals surface area contributed by atoms with Crippen LogP contribution in [-0.4, -0.2) is 17.5 Å². The van der Waals surface area contributed by atoms with Crippen LogP contribution >= 0.6 is 0 Å². The van der Waals surface area contributed by atoms with Crippen molar-refractivity contribution in [1.29, 1.82) is 0 Å². The van der Waals surface area contributed by atoms with Gasteiger partial charge in [0.2, 0.25) is 12.0 Å². The van der Waals surface area contributed by atoms with E-state index in [1.54, 1.807) is 6.08 Å². The molecule has 0 aromatic rings. The number of nitrogens with zero attached hydrogens (tertiary/aromatic N) is 1. The lowest BCUT2D eigenvalue weighted by molar-refractivity contribution is -0.0492. The molecule has 78 valence electrons. The van der Waals surface area contributed by atoms with E-state index in [1.165, 1.54) is 0 Å². The molecule has 0 saturated heterocycles. The predicted molar refractivity (Wildman–Crippen MR) is 47.0 cm³/mol. The highest BCUT2D eigenvalue weighted by Crippen LogP contribution is 2.53. The van der Waals surface area contributed by atoms with Gasteiger partial charge in [0, 0.05) is 12.8 Å². The summed E-state index contributed by atoms with van der Waals surface area (Å²) < 4.78 is 25.7. The molecule has 2 saturated carbocycles. The van der Waals surface area contributed by atoms with Gasteiger partial charge in [0.25, 0.3) is 0 Å². The number of hydrogen-bond acceptors (Lipinski definition) is 2. The molecule has 2 nitrogen and oxygen atoms in total. The van der Waals surface area contributed by atoms with Crippen molar-refractivity contribution in [1.82, 2.24) is 0 Å². The Bertz CT molecular complexity index is 270. The molecule has 0 atom stereocenters. The third-order valence-corrected chi connectivity index (χ3v) is 3.51. The summed E-state index contributed by atoms with van der Waals surface area (Å²) in [6, 6.07) is 0. The van der Waals surface area contributed by atoms with Crippen LogP contribution in [0, 0.1) is 5.92 Å². The first-order chi connectivity index (χ1) is 6.58. The minimum Gasteiger partial charge on any atom is -0.211 e. The highest BCUT2D eigenvalue weighted by atomic mass is 19.3. The highest BCUT2D eigenvalue weighted by molar-refractivity contribution is 5.37. The van der Waals surface area contributed by atoms with Crippen molar-refractivity contribution in [3.63, 3.8) is 0 Å². The average molecular weight is 201 g/mol. The molecule has 2 aliphatic rings. The summed E-state index contributed by atoms with van der Waals surface area (Å²) in [4.78, 5) is 14.0. The Kier molecular flexibility index (Phi) is 2.18. The van der Waals surface area contributed by atoms with Crippen LogP contribution in [0.25, 0.3) is 0 Å². The SMILES string of the molecule is O=C=NC1(C2CCC(F)(F)CC2)CC1. The van der Waals surface area contributed by atoms with Crippen LogP contribution in [-0.2, 0) is 4.79 Å². The van der Waals surface area contributed by atoms with Crippen molar-refractivity contribution in [2.45, 2.75) is 50.0 Å². The standard InChI is InChI=1S/C10H13F2NO/c11-10(12)3-1-8(2-4-10)9(5-6-9)13-7-14/h8H,1-6H2. The number of aliphatic imine (C=N–C) groups is 1. The summed E-state index contributed by atoms with van der Waals surface area (Å²) in [6.07, 6.45) is 4.22. The van der Waals surface area contributed by atoms with Crippen molar-refractivity contribution in [3.05, 3.63) is 0 Å². The number of carbonyl (C=O) groups excluding carboxylic acids is 1. The molecular weight excluding hydrogens is 188 g/mol. The summed E-state index contributed by atoms with van der Waals surface area (Å²) in [5.41, 5.74) is -0.293. The first-order valence-electron chi connectivity index (χ1n) is 5.05. The Morgan fingerprint density at radius 1 is 1.14 bits per heavy atom. The van der Waals surface area contributed by atoms with E-state index >= 15 is 0 Å². The topological polar surface area (TPSA) is 29.4 Å². The molecule has 0 spiro atoms. The lowest BCUT2D eigenvalue weighted by Crippen LogP contribution is -2.31. The van der Waals surface area contributed by atoms with E-state index in [1.807, 2.05) is 0 Å². The lowest BCUT2D eigenvalue weighted by Gasteiger charge is -2.31. The Morgan fingerprint density at radius 3 is 2.14 bits per heavy atom. The van der Waals surface area contributed by atoms with Crippen LogP contribution < -0.4 is 0 Å². The molecule has 0 heterocycles. The molecule has 0 N–H and O–H groups in total. The van der Waals surface area contributed by atoms with Gasteiger partial charge in [-0.05, 0) is 31.6 Å². The molecule has 2 fully saturated rings. The first-order valence-corrected chi connectivity index (χ1v) is 5.05. The normalized spacial score (nSPS) is 29.3. The average Bonchev–Trinajstić information content (AvgIpc) is 2.86. The maximum atomic E-state index is 12.9. The number of alkyl halides is 2. The maximum absolute atomic E-state index is 12.9. The van der Waals surface area contributed by atoms with Gasteiger partial charge in [-0.25, -0.2) is 13.6 Å². The van der Waals surface area contributed by atoms with E-state index in [0.717, 1.165) is 12.8 Å². The van der Waals surface area contributed by atoms with E-state index in [9.17, 15) is 13.6 Å². The minimum absolute atomic E-state index is 0.0478. The van der Waals surface area contributed by atoms with Gasteiger partial charge in [0.05, 0.1) is 5.54 Å². The molecule has 0 radical (unpaired) electrons. The maximum Gasteiger partial charge on any atom is 0.248 e. The van der Waals surface area contributed by atoms with E-state index in [4.69, 9.17) is 0 Å². The molecule has 0 aliphatic heterocycles. The Hall–Kier alpha value is -0.760. The molecule has 2 rings (SSSR count). The highest BCUT2D eigenvalue weighted by Gasteiger charge is 2.52. The molecule has 0 aromatic heterocycles. The van der Waals surface area contributed by atoms with Crippen LogP contribution in [0.4, 0.5) is 8.78 Å². The summed E-state index contributed by atoms with van der Waals surface area (Å²) >= 11 is 0. The predicted octanol–water partition coefficient (Wildman–Crippen LogP) is 2.68. The number of hydrogen-bond donors (Lipinski definition) is 0. The second-order valence-electron chi connectivity index (χ2n) is 4.44. The second-order valence-corrected chi connectivity index (χ2v) is 4.44. The smallest absolute Gasteiger partial charge is 0.211 e. The molecule has 0 bridgehead atoms. The lowest BCUT2D eigenvalue weighted by atomic mass is 9.81. The van der Waals surface area contributed by atoms with E-state index in [0.29, 0.717) is 12.8 Å². The quantitative estimate of drug-likeness (QED) is 0.499.